The van der Waals surface area contributed by atoms with E-state index in [0.29, 0.717) is 49.5 Å². The van der Waals surface area contributed by atoms with Gasteiger partial charge < -0.3 is 18.9 Å². The zero-order valence-corrected chi connectivity index (χ0v) is 14.0. The second kappa shape index (κ2) is 6.60. The summed E-state index contributed by atoms with van der Waals surface area (Å²) in [5.41, 5.74) is 0.146. The van der Waals surface area contributed by atoms with Gasteiger partial charge in [-0.3, -0.25) is 4.79 Å². The molecule has 0 aromatic heterocycles. The number of methoxy groups -OCH3 is 1. The average Bonchev–Trinajstić information content (AvgIpc) is 3.11. The lowest BCUT2D eigenvalue weighted by atomic mass is 9.67. The van der Waals surface area contributed by atoms with Crippen LogP contribution in [-0.4, -0.2) is 26.5 Å². The quantitative estimate of drug-likeness (QED) is 0.789. The standard InChI is InChI=1S/C18H21NO5/c1-3-22-17(20)12-6-8-18(10-19,9-7-12)13-4-5-14(21-2)16-15(13)23-11-24-16/h4-5,12H,3,6-9,11H2,1-2H3/t12-,18-. The molecule has 1 aliphatic carbocycles. The Hall–Kier alpha value is -2.42. The van der Waals surface area contributed by atoms with Gasteiger partial charge in [0, 0.05) is 5.56 Å². The summed E-state index contributed by atoms with van der Waals surface area (Å²) in [6, 6.07) is 6.14. The number of carbonyl (C=O) groups is 1. The second-order valence-electron chi connectivity index (χ2n) is 6.10. The van der Waals surface area contributed by atoms with Crippen molar-refractivity contribution in [1.29, 1.82) is 5.26 Å². The second-order valence-corrected chi connectivity index (χ2v) is 6.10. The fourth-order valence-corrected chi connectivity index (χ4v) is 3.56. The van der Waals surface area contributed by atoms with Crippen LogP contribution in [0, 0.1) is 17.2 Å². The van der Waals surface area contributed by atoms with Crippen LogP contribution in [0.15, 0.2) is 12.1 Å². The molecule has 6 nitrogen and oxygen atoms in total. The first-order valence-corrected chi connectivity index (χ1v) is 8.20. The lowest BCUT2D eigenvalue weighted by Crippen LogP contribution is -2.33. The fourth-order valence-electron chi connectivity index (χ4n) is 3.56. The number of nitrogens with zero attached hydrogens (tertiary/aromatic N) is 1. The van der Waals surface area contributed by atoms with E-state index in [0.717, 1.165) is 5.56 Å². The summed E-state index contributed by atoms with van der Waals surface area (Å²) in [6.07, 6.45) is 2.45. The molecule has 0 N–H and O–H groups in total. The summed E-state index contributed by atoms with van der Waals surface area (Å²) in [5, 5.41) is 9.89. The van der Waals surface area contributed by atoms with E-state index in [9.17, 15) is 10.1 Å². The molecule has 1 aliphatic heterocycles. The van der Waals surface area contributed by atoms with Crippen molar-refractivity contribution in [1.82, 2.24) is 0 Å². The molecular weight excluding hydrogens is 310 g/mol. The summed E-state index contributed by atoms with van der Waals surface area (Å²) in [6.45, 7) is 2.31. The molecule has 0 bridgehead atoms. The molecule has 1 fully saturated rings. The minimum atomic E-state index is -0.674. The predicted molar refractivity (Wildman–Crippen MR) is 85.0 cm³/mol. The Morgan fingerprint density at radius 2 is 2.04 bits per heavy atom. The Labute approximate surface area is 141 Å². The number of nitriles is 1. The minimum Gasteiger partial charge on any atom is -0.493 e. The highest BCUT2D eigenvalue weighted by Crippen LogP contribution is 2.51. The first kappa shape index (κ1) is 16.4. The molecule has 0 atom stereocenters. The average molecular weight is 331 g/mol. The van der Waals surface area contributed by atoms with Crippen LogP contribution in [0.25, 0.3) is 0 Å². The number of esters is 1. The van der Waals surface area contributed by atoms with E-state index >= 15 is 0 Å². The molecule has 0 spiro atoms. The van der Waals surface area contributed by atoms with Crippen molar-refractivity contribution in [2.24, 2.45) is 5.92 Å². The highest BCUT2D eigenvalue weighted by atomic mass is 16.7. The molecule has 0 saturated heterocycles. The van der Waals surface area contributed by atoms with Crippen LogP contribution in [0.2, 0.25) is 0 Å². The topological polar surface area (TPSA) is 77.8 Å². The fraction of sp³-hybridized carbons (Fsp3) is 0.556. The Kier molecular flexibility index (Phi) is 4.52. The molecule has 1 aromatic carbocycles. The van der Waals surface area contributed by atoms with E-state index in [1.807, 2.05) is 6.07 Å². The predicted octanol–water partition coefficient (Wildman–Crippen LogP) is 2.94. The van der Waals surface area contributed by atoms with Gasteiger partial charge in [0.25, 0.3) is 0 Å². The molecule has 0 radical (unpaired) electrons. The van der Waals surface area contributed by atoms with Crippen molar-refractivity contribution in [2.75, 3.05) is 20.5 Å². The van der Waals surface area contributed by atoms with E-state index in [1.165, 1.54) is 0 Å². The maximum atomic E-state index is 11.9. The van der Waals surface area contributed by atoms with Crippen molar-refractivity contribution < 1.29 is 23.7 Å². The van der Waals surface area contributed by atoms with Crippen molar-refractivity contribution in [2.45, 2.75) is 38.0 Å². The van der Waals surface area contributed by atoms with Crippen molar-refractivity contribution >= 4 is 5.97 Å². The third-order valence-corrected chi connectivity index (χ3v) is 4.89. The zero-order chi connectivity index (χ0) is 17.2. The molecule has 24 heavy (non-hydrogen) atoms. The number of ether oxygens (including phenoxy) is 4. The summed E-state index contributed by atoms with van der Waals surface area (Å²) < 4.78 is 21.5. The number of fused-ring (bicyclic) bond motifs is 1. The van der Waals surface area contributed by atoms with Crippen molar-refractivity contribution in [3.63, 3.8) is 0 Å². The highest BCUT2D eigenvalue weighted by Gasteiger charge is 2.43. The molecule has 0 unspecified atom stereocenters. The summed E-state index contributed by atoms with van der Waals surface area (Å²) in [4.78, 5) is 11.9. The van der Waals surface area contributed by atoms with Crippen molar-refractivity contribution in [3.05, 3.63) is 17.7 Å². The number of benzene rings is 1. The SMILES string of the molecule is CCOC(=O)[C@H]1CC[C@](C#N)(c2ccc(OC)c3c2OCO3)CC1. The third kappa shape index (κ3) is 2.64. The Balaban J connectivity index is 1.88. The van der Waals surface area contributed by atoms with E-state index in [-0.39, 0.29) is 18.7 Å². The molecule has 3 rings (SSSR count). The maximum Gasteiger partial charge on any atom is 0.308 e. The van der Waals surface area contributed by atoms with E-state index in [2.05, 4.69) is 6.07 Å². The van der Waals surface area contributed by atoms with Gasteiger partial charge in [-0.05, 0) is 44.7 Å². The molecule has 128 valence electrons. The first-order valence-electron chi connectivity index (χ1n) is 8.20. The van der Waals surface area contributed by atoms with E-state index in [1.54, 1.807) is 20.1 Å². The molecule has 0 amide bonds. The highest BCUT2D eigenvalue weighted by molar-refractivity contribution is 5.72. The smallest absolute Gasteiger partial charge is 0.308 e. The van der Waals surface area contributed by atoms with Gasteiger partial charge in [-0.25, -0.2) is 0 Å². The first-order chi connectivity index (χ1) is 11.6. The lowest BCUT2D eigenvalue weighted by molar-refractivity contribution is -0.149. The molecule has 6 heteroatoms. The normalized spacial score (nSPS) is 25.0. The third-order valence-electron chi connectivity index (χ3n) is 4.89. The number of hydrogen-bond donors (Lipinski definition) is 0. The lowest BCUT2D eigenvalue weighted by Gasteiger charge is -2.34. The van der Waals surface area contributed by atoms with Crippen LogP contribution in [-0.2, 0) is 14.9 Å². The minimum absolute atomic E-state index is 0.121. The monoisotopic (exact) mass is 331 g/mol. The number of hydrogen-bond acceptors (Lipinski definition) is 6. The van der Waals surface area contributed by atoms with Gasteiger partial charge in [0.05, 0.1) is 31.1 Å². The molecular formula is C18H21NO5. The van der Waals surface area contributed by atoms with Gasteiger partial charge in [0.2, 0.25) is 12.5 Å². The van der Waals surface area contributed by atoms with E-state index in [4.69, 9.17) is 18.9 Å². The Morgan fingerprint density at radius 1 is 1.33 bits per heavy atom. The van der Waals surface area contributed by atoms with Crippen LogP contribution >= 0.6 is 0 Å². The maximum absolute atomic E-state index is 11.9. The number of rotatable bonds is 4. The van der Waals surface area contributed by atoms with Crippen LogP contribution in [0.1, 0.15) is 38.2 Å². The Morgan fingerprint density at radius 3 is 2.67 bits per heavy atom. The summed E-state index contributed by atoms with van der Waals surface area (Å²) in [5.74, 6) is 1.45. The zero-order valence-electron chi connectivity index (χ0n) is 14.0. The summed E-state index contributed by atoms with van der Waals surface area (Å²) in [7, 11) is 1.57. The van der Waals surface area contributed by atoms with Gasteiger partial charge >= 0.3 is 5.97 Å². The van der Waals surface area contributed by atoms with Crippen LogP contribution in [0.4, 0.5) is 0 Å². The van der Waals surface area contributed by atoms with Gasteiger partial charge in [-0.1, -0.05) is 0 Å². The van der Waals surface area contributed by atoms with Gasteiger partial charge in [-0.2, -0.15) is 5.26 Å². The number of carbonyl (C=O) groups excluding carboxylic acids is 1. The molecule has 1 saturated carbocycles. The largest absolute Gasteiger partial charge is 0.493 e. The van der Waals surface area contributed by atoms with Crippen LogP contribution in [0.5, 0.6) is 17.2 Å². The van der Waals surface area contributed by atoms with Crippen LogP contribution in [0.3, 0.4) is 0 Å². The molecule has 1 aromatic rings. The Bertz CT molecular complexity index is 671. The van der Waals surface area contributed by atoms with Gasteiger partial charge in [0.1, 0.15) is 0 Å². The van der Waals surface area contributed by atoms with Crippen LogP contribution < -0.4 is 14.2 Å². The van der Waals surface area contributed by atoms with Crippen molar-refractivity contribution in [3.8, 4) is 23.3 Å². The van der Waals surface area contributed by atoms with Gasteiger partial charge in [-0.15, -0.1) is 0 Å². The summed E-state index contributed by atoms with van der Waals surface area (Å²) >= 11 is 0. The molecule has 2 aliphatic rings. The molecule has 1 heterocycles. The van der Waals surface area contributed by atoms with Gasteiger partial charge in [0.15, 0.2) is 11.5 Å². The van der Waals surface area contributed by atoms with E-state index < -0.39 is 5.41 Å².